The molecule has 5 nitrogen and oxygen atoms in total. The van der Waals surface area contributed by atoms with E-state index in [0.717, 1.165) is 16.8 Å². The van der Waals surface area contributed by atoms with E-state index in [2.05, 4.69) is 15.6 Å². The largest absolute Gasteiger partial charge is 0.344 e. The standard InChI is InChI=1S/C19H19ClN4O/c1-12-4-10-17(11-5-12)24-14(3)18(22-23-24)19(25)21-13(2)15-6-8-16(20)9-7-15/h4-11,13H,1-3H3,(H,21,25). The predicted molar refractivity (Wildman–Crippen MR) is 98.2 cm³/mol. The van der Waals surface area contributed by atoms with E-state index in [1.165, 1.54) is 0 Å². The number of carbonyl (C=O) groups excluding carboxylic acids is 1. The molecule has 2 aromatic carbocycles. The number of halogens is 1. The maximum atomic E-state index is 12.6. The highest BCUT2D eigenvalue weighted by Gasteiger charge is 2.19. The Hall–Kier alpha value is -2.66. The minimum absolute atomic E-state index is 0.159. The molecule has 0 saturated carbocycles. The molecule has 0 spiro atoms. The van der Waals surface area contributed by atoms with Crippen LogP contribution in [0.5, 0.6) is 0 Å². The van der Waals surface area contributed by atoms with Gasteiger partial charge in [0.05, 0.1) is 17.4 Å². The number of aromatic nitrogens is 3. The van der Waals surface area contributed by atoms with E-state index >= 15 is 0 Å². The van der Waals surface area contributed by atoms with Gasteiger partial charge in [-0.1, -0.05) is 46.6 Å². The van der Waals surface area contributed by atoms with Gasteiger partial charge in [0, 0.05) is 5.02 Å². The first-order valence-corrected chi connectivity index (χ1v) is 8.39. The Kier molecular flexibility index (Phi) is 4.86. The Bertz CT molecular complexity index is 885. The van der Waals surface area contributed by atoms with Crippen molar-refractivity contribution >= 4 is 17.5 Å². The van der Waals surface area contributed by atoms with Crippen LogP contribution in [0.3, 0.4) is 0 Å². The summed E-state index contributed by atoms with van der Waals surface area (Å²) in [6.45, 7) is 5.78. The molecule has 0 radical (unpaired) electrons. The lowest BCUT2D eigenvalue weighted by molar-refractivity contribution is 0.0934. The second-order valence-electron chi connectivity index (χ2n) is 6.02. The van der Waals surface area contributed by atoms with Crippen LogP contribution in [0.1, 0.15) is 40.3 Å². The van der Waals surface area contributed by atoms with Crippen molar-refractivity contribution in [1.29, 1.82) is 0 Å². The molecule has 3 aromatic rings. The van der Waals surface area contributed by atoms with Gasteiger partial charge in [0.1, 0.15) is 0 Å². The fourth-order valence-electron chi connectivity index (χ4n) is 2.57. The molecule has 1 unspecified atom stereocenters. The van der Waals surface area contributed by atoms with Crippen molar-refractivity contribution in [2.45, 2.75) is 26.8 Å². The first kappa shape index (κ1) is 17.2. The molecule has 0 aliphatic carbocycles. The van der Waals surface area contributed by atoms with Crippen LogP contribution in [-0.2, 0) is 0 Å². The quantitative estimate of drug-likeness (QED) is 0.769. The second-order valence-corrected chi connectivity index (χ2v) is 6.45. The fourth-order valence-corrected chi connectivity index (χ4v) is 2.70. The van der Waals surface area contributed by atoms with Gasteiger partial charge in [-0.3, -0.25) is 4.79 Å². The van der Waals surface area contributed by atoms with Gasteiger partial charge < -0.3 is 5.32 Å². The lowest BCUT2D eigenvalue weighted by Crippen LogP contribution is -2.27. The zero-order valence-corrected chi connectivity index (χ0v) is 15.1. The maximum Gasteiger partial charge on any atom is 0.274 e. The van der Waals surface area contributed by atoms with Crippen molar-refractivity contribution < 1.29 is 4.79 Å². The molecule has 1 aromatic heterocycles. The smallest absolute Gasteiger partial charge is 0.274 e. The summed E-state index contributed by atoms with van der Waals surface area (Å²) in [5.41, 5.74) is 4.03. The molecular formula is C19H19ClN4O. The summed E-state index contributed by atoms with van der Waals surface area (Å²) in [4.78, 5) is 12.6. The van der Waals surface area contributed by atoms with E-state index in [1.54, 1.807) is 16.8 Å². The minimum atomic E-state index is -0.252. The summed E-state index contributed by atoms with van der Waals surface area (Å²) in [5.74, 6) is -0.252. The van der Waals surface area contributed by atoms with E-state index in [0.29, 0.717) is 16.4 Å². The van der Waals surface area contributed by atoms with Gasteiger partial charge in [-0.05, 0) is 50.6 Å². The number of carbonyl (C=O) groups is 1. The molecule has 25 heavy (non-hydrogen) atoms. The molecule has 128 valence electrons. The average Bonchev–Trinajstić information content (AvgIpc) is 2.98. The summed E-state index contributed by atoms with van der Waals surface area (Å²) >= 11 is 5.90. The van der Waals surface area contributed by atoms with Gasteiger partial charge >= 0.3 is 0 Å². The number of amides is 1. The van der Waals surface area contributed by atoms with Crippen LogP contribution >= 0.6 is 11.6 Å². The summed E-state index contributed by atoms with van der Waals surface area (Å²) in [5, 5.41) is 11.8. The molecule has 1 N–H and O–H groups in total. The second kappa shape index (κ2) is 7.07. The van der Waals surface area contributed by atoms with Crippen LogP contribution in [0.25, 0.3) is 5.69 Å². The number of rotatable bonds is 4. The first-order chi connectivity index (χ1) is 12.0. The highest BCUT2D eigenvalue weighted by Crippen LogP contribution is 2.18. The molecule has 0 saturated heterocycles. The van der Waals surface area contributed by atoms with Crippen molar-refractivity contribution in [1.82, 2.24) is 20.3 Å². The number of nitrogens with zero attached hydrogens (tertiary/aromatic N) is 3. The van der Waals surface area contributed by atoms with E-state index < -0.39 is 0 Å². The highest BCUT2D eigenvalue weighted by atomic mass is 35.5. The third kappa shape index (κ3) is 3.72. The third-order valence-corrected chi connectivity index (χ3v) is 4.36. The lowest BCUT2D eigenvalue weighted by atomic mass is 10.1. The van der Waals surface area contributed by atoms with Crippen molar-refractivity contribution in [2.24, 2.45) is 0 Å². The molecule has 3 rings (SSSR count). The molecule has 1 amide bonds. The predicted octanol–water partition coefficient (Wildman–Crippen LogP) is 4.03. The van der Waals surface area contributed by atoms with E-state index in [-0.39, 0.29) is 11.9 Å². The zero-order valence-electron chi connectivity index (χ0n) is 14.3. The first-order valence-electron chi connectivity index (χ1n) is 8.01. The Morgan fingerprint density at radius 1 is 1.08 bits per heavy atom. The fraction of sp³-hybridized carbons (Fsp3) is 0.211. The average molecular weight is 355 g/mol. The number of nitrogens with one attached hydrogen (secondary N) is 1. The molecule has 0 aliphatic rings. The molecule has 0 aliphatic heterocycles. The monoisotopic (exact) mass is 354 g/mol. The van der Waals surface area contributed by atoms with Gasteiger partial charge in [0.2, 0.25) is 0 Å². The number of hydrogen-bond acceptors (Lipinski definition) is 3. The SMILES string of the molecule is Cc1ccc(-n2nnc(C(=O)NC(C)c3ccc(Cl)cc3)c2C)cc1. The number of hydrogen-bond donors (Lipinski definition) is 1. The Balaban J connectivity index is 1.79. The van der Waals surface area contributed by atoms with E-state index in [9.17, 15) is 4.79 Å². The van der Waals surface area contributed by atoms with Crippen LogP contribution in [0.15, 0.2) is 48.5 Å². The zero-order chi connectivity index (χ0) is 18.0. The van der Waals surface area contributed by atoms with Gasteiger partial charge in [-0.15, -0.1) is 5.10 Å². The van der Waals surface area contributed by atoms with Crippen molar-refractivity contribution in [3.63, 3.8) is 0 Å². The third-order valence-electron chi connectivity index (χ3n) is 4.11. The summed E-state index contributed by atoms with van der Waals surface area (Å²) in [6.07, 6.45) is 0. The summed E-state index contributed by atoms with van der Waals surface area (Å²) in [7, 11) is 0. The molecule has 0 fully saturated rings. The Morgan fingerprint density at radius 3 is 2.36 bits per heavy atom. The maximum absolute atomic E-state index is 12.6. The Morgan fingerprint density at radius 2 is 1.72 bits per heavy atom. The van der Waals surface area contributed by atoms with Crippen LogP contribution in [0, 0.1) is 13.8 Å². The van der Waals surface area contributed by atoms with E-state index in [4.69, 9.17) is 11.6 Å². The van der Waals surface area contributed by atoms with Crippen LogP contribution in [-0.4, -0.2) is 20.9 Å². The van der Waals surface area contributed by atoms with Crippen LogP contribution in [0.2, 0.25) is 5.02 Å². The molecule has 0 bridgehead atoms. The van der Waals surface area contributed by atoms with Crippen molar-refractivity contribution in [2.75, 3.05) is 0 Å². The van der Waals surface area contributed by atoms with Gasteiger partial charge in [-0.25, -0.2) is 4.68 Å². The Labute approximate surface area is 151 Å². The van der Waals surface area contributed by atoms with Gasteiger partial charge in [0.25, 0.3) is 5.91 Å². The topological polar surface area (TPSA) is 59.8 Å². The van der Waals surface area contributed by atoms with Crippen LogP contribution < -0.4 is 5.32 Å². The summed E-state index contributed by atoms with van der Waals surface area (Å²) in [6, 6.07) is 15.1. The number of benzene rings is 2. The van der Waals surface area contributed by atoms with E-state index in [1.807, 2.05) is 57.2 Å². The highest BCUT2D eigenvalue weighted by molar-refractivity contribution is 6.30. The minimum Gasteiger partial charge on any atom is -0.344 e. The summed E-state index contributed by atoms with van der Waals surface area (Å²) < 4.78 is 1.67. The van der Waals surface area contributed by atoms with Crippen molar-refractivity contribution in [3.05, 3.63) is 76.1 Å². The normalized spacial score (nSPS) is 12.0. The molecule has 1 atom stereocenters. The van der Waals surface area contributed by atoms with Gasteiger partial charge in [0.15, 0.2) is 5.69 Å². The lowest BCUT2D eigenvalue weighted by Gasteiger charge is -2.13. The van der Waals surface area contributed by atoms with Crippen LogP contribution in [0.4, 0.5) is 0 Å². The molecule has 6 heteroatoms. The van der Waals surface area contributed by atoms with Gasteiger partial charge in [-0.2, -0.15) is 0 Å². The number of aryl methyl sites for hydroxylation is 1. The van der Waals surface area contributed by atoms with Crippen molar-refractivity contribution in [3.8, 4) is 5.69 Å². The molecule has 1 heterocycles. The molecular weight excluding hydrogens is 336 g/mol.